The molecule has 2 radical (unpaired) electrons. The maximum absolute atomic E-state index is 7.00. The van der Waals surface area contributed by atoms with E-state index in [4.69, 9.17) is 28.5 Å². The van der Waals surface area contributed by atoms with E-state index in [1.54, 1.807) is 57.6 Å². The Kier molecular flexibility index (Phi) is 25.5. The van der Waals surface area contributed by atoms with Gasteiger partial charge in [0, 0.05) is 101 Å². The third-order valence-electron chi connectivity index (χ3n) is 8.70. The van der Waals surface area contributed by atoms with E-state index >= 15 is 0 Å². The zero-order valence-corrected chi connectivity index (χ0v) is 40.2. The fourth-order valence-electron chi connectivity index (χ4n) is 5.82. The smallest absolute Gasteiger partial charge is 0.137 e. The number of hydrogen-bond donors (Lipinski definition) is 2. The molecule has 65 heavy (non-hydrogen) atoms. The van der Waals surface area contributed by atoms with Gasteiger partial charge in [0.25, 0.3) is 0 Å². The molecular weight excluding hydrogens is 1170 g/mol. The summed E-state index contributed by atoms with van der Waals surface area (Å²) in [5, 5.41) is 16.0. The predicted molar refractivity (Wildman–Crippen MR) is 251 cm³/mol. The van der Waals surface area contributed by atoms with Crippen LogP contribution < -0.4 is 9.47 Å². The van der Waals surface area contributed by atoms with Gasteiger partial charge in [0.1, 0.15) is 16.9 Å². The summed E-state index contributed by atoms with van der Waals surface area (Å²) in [6.07, 6.45) is 10.4. The summed E-state index contributed by atoms with van der Waals surface area (Å²) in [7, 11) is 5.29. The number of pyridine rings is 4. The molecule has 0 atom stereocenters. The molecule has 0 saturated carbocycles. The Balaban J connectivity index is 0.000000289. The van der Waals surface area contributed by atoms with Crippen LogP contribution in [0.4, 0.5) is 0 Å². The van der Waals surface area contributed by atoms with Crippen molar-refractivity contribution >= 4 is 21.9 Å². The molecule has 0 fully saturated rings. The van der Waals surface area contributed by atoms with Crippen molar-refractivity contribution < 1.29 is 68.7 Å². The molecule has 0 unspecified atom stereocenters. The number of nitrogens with zero attached hydrogens (tertiary/aromatic N) is 4. The summed E-state index contributed by atoms with van der Waals surface area (Å²) >= 11 is 0. The molecule has 0 aliphatic rings. The monoisotopic (exact) mass is 1220 g/mol. The molecule has 0 bridgehead atoms. The number of fused-ring (bicyclic) bond motifs is 2. The molecule has 10 rings (SSSR count). The Morgan fingerprint density at radius 1 is 0.446 bits per heavy atom. The summed E-state index contributed by atoms with van der Waals surface area (Å²) in [6, 6.07) is 57.8. The maximum Gasteiger partial charge on any atom is 0.137 e. The molecule has 6 heterocycles. The van der Waals surface area contributed by atoms with Crippen LogP contribution in [0.5, 0.6) is 11.5 Å². The van der Waals surface area contributed by atoms with E-state index in [1.165, 1.54) is 0 Å². The van der Waals surface area contributed by atoms with E-state index in [9.17, 15) is 0 Å². The summed E-state index contributed by atoms with van der Waals surface area (Å²) in [5.74, 6) is 1.63. The Morgan fingerprint density at radius 2 is 0.923 bits per heavy atom. The summed E-state index contributed by atoms with van der Waals surface area (Å²) in [5.41, 5.74) is 9.49. The van der Waals surface area contributed by atoms with Crippen molar-refractivity contribution in [2.45, 2.75) is 7.43 Å². The number of hydrogen-bond acceptors (Lipinski definition) is 10. The van der Waals surface area contributed by atoms with Gasteiger partial charge in [0.2, 0.25) is 0 Å². The molecule has 10 nitrogen and oxygen atoms in total. The van der Waals surface area contributed by atoms with Crippen molar-refractivity contribution in [2.24, 2.45) is 0 Å². The number of aliphatic hydroxyl groups is 2. The van der Waals surface area contributed by atoms with Crippen molar-refractivity contribution in [3.63, 3.8) is 0 Å². The van der Waals surface area contributed by atoms with Gasteiger partial charge >= 0.3 is 0 Å². The van der Waals surface area contributed by atoms with Gasteiger partial charge in [-0.3, -0.25) is 4.98 Å². The van der Waals surface area contributed by atoms with Crippen molar-refractivity contribution in [2.75, 3.05) is 28.4 Å². The van der Waals surface area contributed by atoms with E-state index in [1.807, 2.05) is 146 Å². The molecular formula is C53H49Ir2N4O6-3. The molecule has 6 aromatic heterocycles. The molecule has 2 N–H and O–H groups in total. The molecule has 0 aliphatic carbocycles. The van der Waals surface area contributed by atoms with E-state index in [-0.39, 0.29) is 47.6 Å². The van der Waals surface area contributed by atoms with Crippen LogP contribution in [-0.2, 0) is 40.2 Å². The van der Waals surface area contributed by atoms with Crippen molar-refractivity contribution in [3.05, 3.63) is 207 Å². The van der Waals surface area contributed by atoms with Crippen LogP contribution >= 0.6 is 0 Å². The first kappa shape index (κ1) is 54.5. The Hall–Kier alpha value is -6.62. The van der Waals surface area contributed by atoms with E-state index in [0.29, 0.717) is 0 Å². The molecule has 0 saturated heterocycles. The molecule has 4 aromatic carbocycles. The van der Waals surface area contributed by atoms with Crippen molar-refractivity contribution in [3.8, 4) is 56.5 Å². The zero-order valence-electron chi connectivity index (χ0n) is 35.4. The number of rotatable bonds is 6. The zero-order chi connectivity index (χ0) is 43.8. The van der Waals surface area contributed by atoms with Crippen LogP contribution in [0.3, 0.4) is 0 Å². The Labute approximate surface area is 407 Å². The van der Waals surface area contributed by atoms with Gasteiger partial charge in [-0.2, -0.15) is 0 Å². The first-order valence-electron chi connectivity index (χ1n) is 19.2. The van der Waals surface area contributed by atoms with Gasteiger partial charge in [-0.25, -0.2) is 0 Å². The van der Waals surface area contributed by atoms with Crippen molar-refractivity contribution in [1.29, 1.82) is 0 Å². The van der Waals surface area contributed by atoms with Gasteiger partial charge in [0.15, 0.2) is 0 Å². The quantitative estimate of drug-likeness (QED) is 0.155. The average molecular weight is 1220 g/mol. The van der Waals surface area contributed by atoms with Crippen LogP contribution in [0.1, 0.15) is 7.43 Å². The van der Waals surface area contributed by atoms with Crippen LogP contribution in [-0.4, -0.2) is 58.6 Å². The van der Waals surface area contributed by atoms with Gasteiger partial charge in [-0.1, -0.05) is 31.7 Å². The second-order valence-corrected chi connectivity index (χ2v) is 12.3. The van der Waals surface area contributed by atoms with Crippen LogP contribution in [0, 0.1) is 18.2 Å². The minimum Gasteiger partial charge on any atom is -0.540 e. The number of ether oxygens (including phenoxy) is 2. The summed E-state index contributed by atoms with van der Waals surface area (Å²) in [4.78, 5) is 17.2. The number of benzene rings is 4. The van der Waals surface area contributed by atoms with Crippen molar-refractivity contribution in [1.82, 2.24) is 19.9 Å². The molecule has 10 aromatic rings. The third-order valence-corrected chi connectivity index (χ3v) is 8.70. The van der Waals surface area contributed by atoms with Crippen LogP contribution in [0.2, 0.25) is 0 Å². The minimum absolute atomic E-state index is 0. The number of aromatic nitrogens is 4. The SMILES string of the molecule is C.CO.CO.COc1c[c-]c(-c2nccc3occc23)cc1.COc1ccc(-c2nccc3occc23)cc1.[Ir].[Ir].[c-]1ccccc1-c1ccccn1.[c-]1ccccc1-c1ccccn1. The first-order valence-corrected chi connectivity index (χ1v) is 19.2. The standard InChI is InChI=1S/C14H11NO2.C14H10NO2.2C11H8N.2CH4O.CH4.2Ir/c2*1-16-11-4-2-10(3-5-11)14-12-7-9-17-13(12)6-8-15-14;2*1-2-6-10(7-3-1)11-8-4-5-9-12-11;2*1-2;;;/h2-9H,1H3;2,4-9H,1H3;2*1-6,8-9H;2*2H,1H3;1H4;;/q;3*-1;;;;;. The first-order chi connectivity index (χ1) is 30.7. The predicted octanol–water partition coefficient (Wildman–Crippen LogP) is 11.8. The second-order valence-electron chi connectivity index (χ2n) is 12.3. The molecule has 338 valence electrons. The molecule has 0 aliphatic heterocycles. The van der Waals surface area contributed by atoms with Gasteiger partial charge < -0.3 is 43.5 Å². The molecule has 0 amide bonds. The second kappa shape index (κ2) is 30.5. The van der Waals surface area contributed by atoms with Gasteiger partial charge in [-0.15, -0.1) is 102 Å². The normalized spacial score (nSPS) is 9.32. The Bertz CT molecular complexity index is 2470. The van der Waals surface area contributed by atoms with E-state index < -0.39 is 0 Å². The molecule has 0 spiro atoms. The van der Waals surface area contributed by atoms with E-state index in [0.717, 1.165) is 92.7 Å². The summed E-state index contributed by atoms with van der Waals surface area (Å²) < 4.78 is 21.0. The topological polar surface area (TPSA) is 137 Å². The van der Waals surface area contributed by atoms with Crippen LogP contribution in [0.25, 0.3) is 67.0 Å². The fourth-order valence-corrected chi connectivity index (χ4v) is 5.82. The maximum atomic E-state index is 7.00. The molecule has 12 heteroatoms. The van der Waals surface area contributed by atoms with Gasteiger partial charge in [0.05, 0.1) is 32.4 Å². The average Bonchev–Trinajstić information content (AvgIpc) is 4.08. The largest absolute Gasteiger partial charge is 0.540 e. The number of furan rings is 2. The van der Waals surface area contributed by atoms with Gasteiger partial charge in [-0.05, 0) is 77.7 Å². The number of aliphatic hydroxyl groups excluding tert-OH is 2. The minimum atomic E-state index is 0. The van der Waals surface area contributed by atoms with Crippen LogP contribution in [0.15, 0.2) is 198 Å². The number of methoxy groups -OCH3 is 2. The fraction of sp³-hybridized carbons (Fsp3) is 0.0943. The van der Waals surface area contributed by atoms with E-state index in [2.05, 4.69) is 38.1 Å². The summed E-state index contributed by atoms with van der Waals surface area (Å²) in [6.45, 7) is 0. The third kappa shape index (κ3) is 15.8. The Morgan fingerprint density at radius 3 is 1.35 bits per heavy atom.